The Balaban J connectivity index is 2.02. The van der Waals surface area contributed by atoms with Gasteiger partial charge in [0.05, 0.1) is 11.8 Å². The number of nitrogens with zero attached hydrogens (tertiary/aromatic N) is 2. The van der Waals surface area contributed by atoms with Crippen molar-refractivity contribution in [3.8, 4) is 0 Å². The summed E-state index contributed by atoms with van der Waals surface area (Å²) in [4.78, 5) is 15.5. The molecule has 5 nitrogen and oxygen atoms in total. The Bertz CT molecular complexity index is 762. The average molecular weight is 335 g/mol. The van der Waals surface area contributed by atoms with Crippen molar-refractivity contribution < 1.29 is 14.3 Å². The van der Waals surface area contributed by atoms with E-state index in [2.05, 4.69) is 20.9 Å². The van der Waals surface area contributed by atoms with E-state index in [1.165, 1.54) is 0 Å². The molecule has 0 aliphatic carbocycles. The van der Waals surface area contributed by atoms with Crippen LogP contribution >= 0.6 is 15.9 Å². The molecular weight excluding hydrogens is 324 g/mol. The number of aromatic nitrogens is 2. The summed E-state index contributed by atoms with van der Waals surface area (Å²) in [6, 6.07) is 7.38. The van der Waals surface area contributed by atoms with Crippen LogP contribution in [0.1, 0.15) is 22.1 Å². The van der Waals surface area contributed by atoms with Crippen LogP contribution in [-0.2, 0) is 12.8 Å². The topological polar surface area (TPSA) is 67.7 Å². The van der Waals surface area contributed by atoms with Crippen molar-refractivity contribution in [2.45, 2.75) is 12.8 Å². The third-order valence-electron chi connectivity index (χ3n) is 3.07. The van der Waals surface area contributed by atoms with Gasteiger partial charge in [0, 0.05) is 23.5 Å². The fourth-order valence-corrected chi connectivity index (χ4v) is 2.71. The monoisotopic (exact) mass is 334 g/mol. The Morgan fingerprint density at radius 1 is 1.35 bits per heavy atom. The van der Waals surface area contributed by atoms with Crippen LogP contribution in [0.5, 0.6) is 0 Å². The van der Waals surface area contributed by atoms with Crippen molar-refractivity contribution in [1.29, 1.82) is 0 Å². The van der Waals surface area contributed by atoms with Crippen molar-refractivity contribution in [2.24, 2.45) is 0 Å². The van der Waals surface area contributed by atoms with E-state index in [0.717, 1.165) is 5.76 Å². The fraction of sp³-hybridized carbons (Fsp3) is 0.143. The molecule has 3 heterocycles. The maximum Gasteiger partial charge on any atom is 0.356 e. The molecule has 0 saturated heterocycles. The molecule has 3 rings (SSSR count). The molecule has 102 valence electrons. The van der Waals surface area contributed by atoms with Gasteiger partial charge in [-0.1, -0.05) is 0 Å². The minimum Gasteiger partial charge on any atom is -0.476 e. The zero-order valence-electron chi connectivity index (χ0n) is 10.4. The first-order valence-electron chi connectivity index (χ1n) is 6.08. The largest absolute Gasteiger partial charge is 0.476 e. The highest BCUT2D eigenvalue weighted by Gasteiger charge is 2.18. The van der Waals surface area contributed by atoms with Crippen molar-refractivity contribution >= 4 is 27.4 Å². The number of imidazole rings is 1. The maximum atomic E-state index is 11.3. The summed E-state index contributed by atoms with van der Waals surface area (Å²) in [6.45, 7) is 0. The smallest absolute Gasteiger partial charge is 0.356 e. The van der Waals surface area contributed by atoms with E-state index in [-0.39, 0.29) is 5.69 Å². The number of halogens is 1. The van der Waals surface area contributed by atoms with E-state index in [4.69, 9.17) is 4.42 Å². The molecule has 3 aromatic heterocycles. The summed E-state index contributed by atoms with van der Waals surface area (Å²) in [7, 11) is 0. The number of hydrogen-bond donors (Lipinski definition) is 1. The molecule has 0 spiro atoms. The third kappa shape index (κ3) is 2.22. The third-order valence-corrected chi connectivity index (χ3v) is 3.71. The first kappa shape index (κ1) is 12.9. The molecule has 6 heteroatoms. The lowest BCUT2D eigenvalue weighted by Gasteiger charge is -2.01. The Morgan fingerprint density at radius 3 is 2.90 bits per heavy atom. The van der Waals surface area contributed by atoms with Crippen LogP contribution in [0.15, 0.2) is 45.6 Å². The molecule has 0 aromatic carbocycles. The number of furan rings is 1. The quantitative estimate of drug-likeness (QED) is 0.795. The van der Waals surface area contributed by atoms with Gasteiger partial charge in [0.1, 0.15) is 11.6 Å². The van der Waals surface area contributed by atoms with Crippen LogP contribution in [0.25, 0.3) is 5.52 Å². The lowest BCUT2D eigenvalue weighted by atomic mass is 10.2. The number of rotatable bonds is 4. The highest BCUT2D eigenvalue weighted by Crippen LogP contribution is 2.23. The number of aromatic carboxylic acids is 1. The van der Waals surface area contributed by atoms with Crippen molar-refractivity contribution in [1.82, 2.24) is 9.38 Å². The predicted octanol–water partition coefficient (Wildman–Crippen LogP) is 3.17. The number of hydrogen-bond acceptors (Lipinski definition) is 3. The number of aryl methyl sites for hydroxylation is 2. The summed E-state index contributed by atoms with van der Waals surface area (Å²) >= 11 is 3.38. The van der Waals surface area contributed by atoms with Crippen LogP contribution in [0, 0.1) is 0 Å². The normalized spacial score (nSPS) is 11.1. The van der Waals surface area contributed by atoms with Crippen LogP contribution in [0.4, 0.5) is 0 Å². The second-order valence-electron chi connectivity index (χ2n) is 4.34. The van der Waals surface area contributed by atoms with E-state index in [1.54, 1.807) is 16.7 Å². The molecule has 0 aliphatic rings. The molecular formula is C14H11BrN2O3. The van der Waals surface area contributed by atoms with Gasteiger partial charge < -0.3 is 13.9 Å². The summed E-state index contributed by atoms with van der Waals surface area (Å²) in [5, 5.41) is 9.26. The minimum absolute atomic E-state index is 0.0620. The van der Waals surface area contributed by atoms with Crippen LogP contribution in [0.2, 0.25) is 0 Å². The van der Waals surface area contributed by atoms with Gasteiger partial charge in [-0.3, -0.25) is 0 Å². The van der Waals surface area contributed by atoms with Crippen LogP contribution in [-0.4, -0.2) is 20.5 Å². The van der Waals surface area contributed by atoms with E-state index in [1.807, 2.05) is 24.4 Å². The van der Waals surface area contributed by atoms with Crippen molar-refractivity contribution in [3.05, 3.63) is 58.5 Å². The summed E-state index contributed by atoms with van der Waals surface area (Å²) in [5.74, 6) is 0.530. The van der Waals surface area contributed by atoms with Gasteiger partial charge in [-0.25, -0.2) is 9.78 Å². The van der Waals surface area contributed by atoms with Crippen LogP contribution in [0.3, 0.4) is 0 Å². The molecule has 0 aliphatic heterocycles. The van der Waals surface area contributed by atoms with Gasteiger partial charge in [0.2, 0.25) is 0 Å². The zero-order valence-corrected chi connectivity index (χ0v) is 12.0. The second kappa shape index (κ2) is 5.13. The second-order valence-corrected chi connectivity index (χ2v) is 5.19. The molecule has 1 N–H and O–H groups in total. The SMILES string of the molecule is O=C(O)c1nc(CCc2ccco2)n2cccc(Br)c12. The lowest BCUT2D eigenvalue weighted by molar-refractivity contribution is 0.0693. The van der Waals surface area contributed by atoms with Crippen molar-refractivity contribution in [2.75, 3.05) is 0 Å². The van der Waals surface area contributed by atoms with E-state index in [9.17, 15) is 9.90 Å². The number of carbonyl (C=O) groups is 1. The van der Waals surface area contributed by atoms with Gasteiger partial charge in [-0.15, -0.1) is 0 Å². The Hall–Kier alpha value is -2.08. The number of fused-ring (bicyclic) bond motifs is 1. The molecule has 20 heavy (non-hydrogen) atoms. The lowest BCUT2D eigenvalue weighted by Crippen LogP contribution is -1.98. The molecule has 0 saturated carbocycles. The molecule has 3 aromatic rings. The van der Waals surface area contributed by atoms with Gasteiger partial charge in [-0.05, 0) is 40.2 Å². The Labute approximate surface area is 123 Å². The average Bonchev–Trinajstić information content (AvgIpc) is 3.04. The molecule has 0 unspecified atom stereocenters. The summed E-state index contributed by atoms with van der Waals surface area (Å²) in [5.41, 5.74) is 0.640. The van der Waals surface area contributed by atoms with E-state index >= 15 is 0 Å². The molecule has 0 radical (unpaired) electrons. The summed E-state index contributed by atoms with van der Waals surface area (Å²) < 4.78 is 7.80. The van der Waals surface area contributed by atoms with Gasteiger partial charge >= 0.3 is 5.97 Å². The Morgan fingerprint density at radius 2 is 2.20 bits per heavy atom. The van der Waals surface area contributed by atoms with Gasteiger partial charge in [-0.2, -0.15) is 0 Å². The molecule has 0 amide bonds. The number of carboxylic acids is 1. The van der Waals surface area contributed by atoms with Gasteiger partial charge in [0.15, 0.2) is 5.69 Å². The highest BCUT2D eigenvalue weighted by atomic mass is 79.9. The maximum absolute atomic E-state index is 11.3. The van der Waals surface area contributed by atoms with Crippen LogP contribution < -0.4 is 0 Å². The van der Waals surface area contributed by atoms with E-state index < -0.39 is 5.97 Å². The zero-order chi connectivity index (χ0) is 14.1. The standard InChI is InChI=1S/C14H11BrN2O3/c15-10-4-1-7-17-11(6-5-9-3-2-8-20-9)16-12(13(10)17)14(18)19/h1-4,7-8H,5-6H2,(H,18,19). The van der Waals surface area contributed by atoms with Gasteiger partial charge in [0.25, 0.3) is 0 Å². The van der Waals surface area contributed by atoms with Crippen molar-refractivity contribution in [3.63, 3.8) is 0 Å². The predicted molar refractivity (Wildman–Crippen MR) is 76.0 cm³/mol. The molecule has 0 bridgehead atoms. The summed E-state index contributed by atoms with van der Waals surface area (Å²) in [6.07, 6.45) is 4.73. The Kier molecular flexibility index (Phi) is 3.31. The minimum atomic E-state index is -1.03. The molecule has 0 atom stereocenters. The fourth-order valence-electron chi connectivity index (χ4n) is 2.18. The first-order valence-corrected chi connectivity index (χ1v) is 6.87. The number of pyridine rings is 1. The van der Waals surface area contributed by atoms with E-state index in [0.29, 0.717) is 28.7 Å². The first-order chi connectivity index (χ1) is 9.66. The molecule has 0 fully saturated rings. The highest BCUT2D eigenvalue weighted by molar-refractivity contribution is 9.10. The number of carboxylic acid groups (broad SMARTS) is 1.